The van der Waals surface area contributed by atoms with E-state index in [1.165, 1.54) is 12.0 Å². The molecule has 5 heteroatoms. The molecule has 0 heterocycles. The largest absolute Gasteiger partial charge is 0.332 e. The molecule has 22 heavy (non-hydrogen) atoms. The Morgan fingerprint density at radius 1 is 1.05 bits per heavy atom. The van der Waals surface area contributed by atoms with Crippen molar-refractivity contribution in [2.45, 2.75) is 26.2 Å². The fourth-order valence-electron chi connectivity index (χ4n) is 2.09. The van der Waals surface area contributed by atoms with Gasteiger partial charge in [-0.3, -0.25) is 0 Å². The van der Waals surface area contributed by atoms with Crippen LogP contribution in [0, 0.1) is 0 Å². The van der Waals surface area contributed by atoms with Crippen molar-refractivity contribution in [2.75, 3.05) is 10.6 Å². The zero-order valence-electron chi connectivity index (χ0n) is 12.3. The smallest absolute Gasteiger partial charge is 0.175 e. The van der Waals surface area contributed by atoms with E-state index in [1.807, 2.05) is 24.3 Å². The molecule has 2 N–H and O–H groups in total. The lowest BCUT2D eigenvalue weighted by atomic mass is 10.1. The van der Waals surface area contributed by atoms with Crippen LogP contribution in [-0.4, -0.2) is 5.11 Å². The van der Waals surface area contributed by atoms with Crippen molar-refractivity contribution in [2.24, 2.45) is 0 Å². The quantitative estimate of drug-likeness (QED) is 0.631. The van der Waals surface area contributed by atoms with Crippen molar-refractivity contribution in [1.29, 1.82) is 0 Å². The van der Waals surface area contributed by atoms with E-state index in [1.54, 1.807) is 12.1 Å². The van der Waals surface area contributed by atoms with Gasteiger partial charge < -0.3 is 10.6 Å². The molecule has 0 unspecified atom stereocenters. The summed E-state index contributed by atoms with van der Waals surface area (Å²) in [5, 5.41) is 7.92. The normalized spacial score (nSPS) is 10.3. The molecule has 0 amide bonds. The van der Waals surface area contributed by atoms with E-state index in [4.69, 9.17) is 35.4 Å². The van der Waals surface area contributed by atoms with E-state index >= 15 is 0 Å². The fourth-order valence-corrected chi connectivity index (χ4v) is 2.61. The molecular weight excluding hydrogens is 335 g/mol. The third-order valence-electron chi connectivity index (χ3n) is 3.24. The molecule has 2 rings (SSSR count). The predicted octanol–water partition coefficient (Wildman–Crippen LogP) is 6.14. The van der Waals surface area contributed by atoms with E-state index in [-0.39, 0.29) is 0 Å². The van der Waals surface area contributed by atoms with Gasteiger partial charge in [0, 0.05) is 11.4 Å². The first kappa shape index (κ1) is 17.1. The first-order chi connectivity index (χ1) is 10.6. The van der Waals surface area contributed by atoms with Crippen LogP contribution >= 0.6 is 35.4 Å². The van der Waals surface area contributed by atoms with E-state index in [0.717, 1.165) is 24.2 Å². The Hall–Kier alpha value is -1.29. The minimum absolute atomic E-state index is 0.498. The Balaban J connectivity index is 2.04. The molecular formula is C17H18Cl2N2S. The van der Waals surface area contributed by atoms with E-state index in [0.29, 0.717) is 15.2 Å². The number of halogens is 2. The Morgan fingerprint density at radius 3 is 2.55 bits per heavy atom. The first-order valence-corrected chi connectivity index (χ1v) is 8.37. The van der Waals surface area contributed by atoms with Crippen molar-refractivity contribution in [3.05, 3.63) is 58.1 Å². The minimum atomic E-state index is 0.498. The number of nitrogens with one attached hydrogen (secondary N) is 2. The molecule has 0 spiro atoms. The Kier molecular flexibility index (Phi) is 6.49. The number of anilines is 2. The van der Waals surface area contributed by atoms with Crippen LogP contribution in [0.5, 0.6) is 0 Å². The summed E-state index contributed by atoms with van der Waals surface area (Å²) >= 11 is 17.3. The molecule has 0 bridgehead atoms. The highest BCUT2D eigenvalue weighted by Crippen LogP contribution is 2.25. The summed E-state index contributed by atoms with van der Waals surface area (Å²) in [4.78, 5) is 0. The van der Waals surface area contributed by atoms with Crippen molar-refractivity contribution in [3.8, 4) is 0 Å². The summed E-state index contributed by atoms with van der Waals surface area (Å²) < 4.78 is 0. The van der Waals surface area contributed by atoms with Crippen LogP contribution in [0.4, 0.5) is 11.4 Å². The van der Waals surface area contributed by atoms with Gasteiger partial charge in [-0.25, -0.2) is 0 Å². The lowest BCUT2D eigenvalue weighted by molar-refractivity contribution is 0.796. The molecule has 0 aliphatic heterocycles. The zero-order valence-corrected chi connectivity index (χ0v) is 14.7. The number of thiocarbonyl (C=S) groups is 1. The molecule has 0 saturated carbocycles. The highest BCUT2D eigenvalue weighted by molar-refractivity contribution is 7.80. The summed E-state index contributed by atoms with van der Waals surface area (Å²) in [5.41, 5.74) is 3.11. The van der Waals surface area contributed by atoms with Gasteiger partial charge in [-0.05, 0) is 54.9 Å². The second-order valence-electron chi connectivity index (χ2n) is 4.97. The third kappa shape index (κ3) is 4.87. The first-order valence-electron chi connectivity index (χ1n) is 7.21. The van der Waals surface area contributed by atoms with Gasteiger partial charge in [0.15, 0.2) is 5.11 Å². The highest BCUT2D eigenvalue weighted by atomic mass is 35.5. The molecule has 2 aromatic carbocycles. The van der Waals surface area contributed by atoms with Crippen molar-refractivity contribution in [3.63, 3.8) is 0 Å². The highest BCUT2D eigenvalue weighted by Gasteiger charge is 2.05. The molecule has 2 nitrogen and oxygen atoms in total. The minimum Gasteiger partial charge on any atom is -0.332 e. The number of hydrogen-bond donors (Lipinski definition) is 2. The standard InChI is InChI=1S/C17H18Cl2N2S/c1-2-3-6-12-7-4-5-8-16(12)21-17(22)20-13-9-10-14(18)15(19)11-13/h4-5,7-11H,2-3,6H2,1H3,(H2,20,21,22). The van der Waals surface area contributed by atoms with Crippen LogP contribution in [0.15, 0.2) is 42.5 Å². The van der Waals surface area contributed by atoms with Gasteiger partial charge in [-0.15, -0.1) is 0 Å². The number of aryl methyl sites for hydroxylation is 1. The second-order valence-corrected chi connectivity index (χ2v) is 6.19. The van der Waals surface area contributed by atoms with Crippen molar-refractivity contribution >= 4 is 51.9 Å². The molecule has 116 valence electrons. The predicted molar refractivity (Wildman–Crippen MR) is 101 cm³/mol. The Bertz CT molecular complexity index is 659. The van der Waals surface area contributed by atoms with Gasteiger partial charge in [0.05, 0.1) is 10.0 Å². The zero-order chi connectivity index (χ0) is 15.9. The number of para-hydroxylation sites is 1. The fraction of sp³-hybridized carbons (Fsp3) is 0.235. The Morgan fingerprint density at radius 2 is 1.82 bits per heavy atom. The molecule has 0 fully saturated rings. The summed E-state index contributed by atoms with van der Waals surface area (Å²) in [6.07, 6.45) is 3.36. The number of hydrogen-bond acceptors (Lipinski definition) is 1. The molecule has 0 aliphatic rings. The van der Waals surface area contributed by atoms with Crippen LogP contribution in [-0.2, 0) is 6.42 Å². The maximum atomic E-state index is 6.00. The summed E-state index contributed by atoms with van der Waals surface area (Å²) in [5.74, 6) is 0. The average molecular weight is 353 g/mol. The number of benzene rings is 2. The summed E-state index contributed by atoms with van der Waals surface area (Å²) in [7, 11) is 0. The van der Waals surface area contributed by atoms with E-state index in [9.17, 15) is 0 Å². The number of unbranched alkanes of at least 4 members (excludes halogenated alkanes) is 1. The molecule has 2 aromatic rings. The number of rotatable bonds is 5. The maximum absolute atomic E-state index is 6.00. The summed E-state index contributed by atoms with van der Waals surface area (Å²) in [6, 6.07) is 13.5. The van der Waals surface area contributed by atoms with Gasteiger partial charge in [-0.1, -0.05) is 54.7 Å². The van der Waals surface area contributed by atoms with Gasteiger partial charge in [0.25, 0.3) is 0 Å². The van der Waals surface area contributed by atoms with Crippen molar-refractivity contribution in [1.82, 2.24) is 0 Å². The monoisotopic (exact) mass is 352 g/mol. The van der Waals surface area contributed by atoms with Gasteiger partial charge in [0.1, 0.15) is 0 Å². The average Bonchev–Trinajstić information content (AvgIpc) is 2.50. The van der Waals surface area contributed by atoms with Crippen LogP contribution in [0.1, 0.15) is 25.3 Å². The van der Waals surface area contributed by atoms with E-state index in [2.05, 4.69) is 23.6 Å². The lowest BCUT2D eigenvalue weighted by Crippen LogP contribution is -2.19. The van der Waals surface area contributed by atoms with Crippen LogP contribution in [0.25, 0.3) is 0 Å². The van der Waals surface area contributed by atoms with Crippen LogP contribution < -0.4 is 10.6 Å². The molecule has 0 atom stereocenters. The topological polar surface area (TPSA) is 24.1 Å². The van der Waals surface area contributed by atoms with Crippen LogP contribution in [0.2, 0.25) is 10.0 Å². The Labute approximate surface area is 146 Å². The molecule has 0 radical (unpaired) electrons. The second kappa shape index (κ2) is 8.37. The van der Waals surface area contributed by atoms with Gasteiger partial charge >= 0.3 is 0 Å². The molecule has 0 saturated heterocycles. The van der Waals surface area contributed by atoms with Gasteiger partial charge in [0.2, 0.25) is 0 Å². The molecule has 0 aromatic heterocycles. The van der Waals surface area contributed by atoms with Crippen LogP contribution in [0.3, 0.4) is 0 Å². The third-order valence-corrected chi connectivity index (χ3v) is 4.19. The summed E-state index contributed by atoms with van der Waals surface area (Å²) in [6.45, 7) is 2.19. The van der Waals surface area contributed by atoms with Gasteiger partial charge in [-0.2, -0.15) is 0 Å². The SMILES string of the molecule is CCCCc1ccccc1NC(=S)Nc1ccc(Cl)c(Cl)c1. The van der Waals surface area contributed by atoms with Crippen molar-refractivity contribution < 1.29 is 0 Å². The maximum Gasteiger partial charge on any atom is 0.175 e. The van der Waals surface area contributed by atoms with E-state index < -0.39 is 0 Å². The lowest BCUT2D eigenvalue weighted by Gasteiger charge is -2.14. The molecule has 0 aliphatic carbocycles.